The molecule has 1 aromatic heterocycles. The Kier molecular flexibility index (Phi) is 39.0. The fourth-order valence-corrected chi connectivity index (χ4v) is 7.66. The molecule has 0 atom stereocenters. The van der Waals surface area contributed by atoms with E-state index in [0.29, 0.717) is 6.61 Å². The minimum atomic E-state index is -0.505. The molecule has 2 amide bonds. The van der Waals surface area contributed by atoms with Crippen molar-refractivity contribution in [1.29, 1.82) is 0 Å². The number of rotatable bonds is 39. The summed E-state index contributed by atoms with van der Waals surface area (Å²) in [6.07, 6.45) is 47.4. The number of nitrogens with zero attached hydrogens (tertiary/aromatic N) is 2. The lowest BCUT2D eigenvalue weighted by molar-refractivity contribution is -0.604. The number of unbranched alkanes of at least 4 members (excludes halogenated alkanes) is 31. The predicted molar refractivity (Wildman–Crippen MR) is 223 cm³/mol. The van der Waals surface area contributed by atoms with Crippen molar-refractivity contribution in [2.24, 2.45) is 0 Å². The first-order valence-corrected chi connectivity index (χ1v) is 24.1. The number of hydrogen-bond donors (Lipinski definition) is 1. The first kappa shape index (κ1) is 50.8. The molecule has 1 saturated heterocycles. The van der Waals surface area contributed by atoms with Crippen molar-refractivity contribution in [2.45, 2.75) is 230 Å². The SMILES string of the molecule is CCCCCCCCCCCCCCCCCCCCCCCCCCCCCCCCCCOOOOSSc1ccccn1.O=C1CCC(=O)N1O. The van der Waals surface area contributed by atoms with E-state index in [1.807, 2.05) is 18.2 Å². The molecule has 1 fully saturated rings. The predicted octanol–water partition coefficient (Wildman–Crippen LogP) is 14.6. The van der Waals surface area contributed by atoms with Gasteiger partial charge in [-0.15, -0.1) is 4.33 Å². The quantitative estimate of drug-likeness (QED) is 0.0132. The average molecular weight is 799 g/mol. The average Bonchev–Trinajstić information content (AvgIpc) is 3.48. The molecule has 2 rings (SSSR count). The van der Waals surface area contributed by atoms with Gasteiger partial charge in [-0.2, -0.15) is 5.06 Å². The third-order valence-corrected chi connectivity index (χ3v) is 11.5. The fraction of sp³-hybridized carbons (Fsp3) is 0.837. The molecule has 11 heteroatoms. The summed E-state index contributed by atoms with van der Waals surface area (Å²) in [5.74, 6) is -1.01. The summed E-state index contributed by atoms with van der Waals surface area (Å²) >= 11 is 1.03. The van der Waals surface area contributed by atoms with Crippen LogP contribution in [0.1, 0.15) is 225 Å². The van der Waals surface area contributed by atoms with Crippen LogP contribution in [0.3, 0.4) is 0 Å². The minimum absolute atomic E-state index is 0.148. The number of imide groups is 1. The molecule has 0 aromatic carbocycles. The Morgan fingerprint density at radius 1 is 0.556 bits per heavy atom. The van der Waals surface area contributed by atoms with Gasteiger partial charge in [-0.25, -0.2) is 9.87 Å². The first-order valence-electron chi connectivity index (χ1n) is 22.1. The van der Waals surface area contributed by atoms with Crippen LogP contribution in [0.5, 0.6) is 0 Å². The summed E-state index contributed by atoms with van der Waals surface area (Å²) < 4.78 is 4.80. The van der Waals surface area contributed by atoms with Crippen LogP contribution < -0.4 is 0 Å². The highest BCUT2D eigenvalue weighted by molar-refractivity contribution is 8.74. The maximum atomic E-state index is 10.2. The van der Waals surface area contributed by atoms with E-state index >= 15 is 0 Å². The second kappa shape index (κ2) is 41.4. The molecule has 0 radical (unpaired) electrons. The van der Waals surface area contributed by atoms with E-state index in [1.54, 1.807) is 6.20 Å². The van der Waals surface area contributed by atoms with Gasteiger partial charge >= 0.3 is 0 Å². The lowest BCUT2D eigenvalue weighted by Crippen LogP contribution is -2.24. The molecular formula is C43H78N2O7S2. The third kappa shape index (κ3) is 35.2. The molecule has 1 N–H and O–H groups in total. The molecule has 0 spiro atoms. The standard InChI is InChI=1S/C39H73NO4S2.C4H5NO3/c1-2-3-4-5-6-7-8-9-10-11-12-13-14-15-16-17-18-19-20-21-22-23-24-25-26-27-28-29-30-31-32-35-38-41-42-43-44-46-45-39-36-33-34-37-40-39;6-3-1-2-4(7)5(3)8/h33-34,36-37H,2-32,35,38H2,1H3;8H,1-2H2. The molecule has 2 heterocycles. The first-order chi connectivity index (χ1) is 26.6. The molecule has 1 aromatic rings. The highest BCUT2D eigenvalue weighted by Gasteiger charge is 2.26. The van der Waals surface area contributed by atoms with Gasteiger partial charge in [0.2, 0.25) is 0 Å². The summed E-state index contributed by atoms with van der Waals surface area (Å²) in [7, 11) is 1.34. The molecule has 0 aliphatic carbocycles. The van der Waals surface area contributed by atoms with E-state index in [-0.39, 0.29) is 17.9 Å². The fourth-order valence-electron chi connectivity index (χ4n) is 6.62. The van der Waals surface area contributed by atoms with Crippen molar-refractivity contribution < 1.29 is 34.1 Å². The lowest BCUT2D eigenvalue weighted by Gasteiger charge is -2.05. The summed E-state index contributed by atoms with van der Waals surface area (Å²) in [5, 5.41) is 18.5. The van der Waals surface area contributed by atoms with Crippen molar-refractivity contribution in [2.75, 3.05) is 6.61 Å². The maximum Gasteiger partial charge on any atom is 0.253 e. The monoisotopic (exact) mass is 799 g/mol. The number of hydroxylamine groups is 2. The van der Waals surface area contributed by atoms with Crippen molar-refractivity contribution in [3.05, 3.63) is 24.4 Å². The van der Waals surface area contributed by atoms with Gasteiger partial charge in [0.15, 0.2) is 0 Å². The van der Waals surface area contributed by atoms with Crippen LogP contribution in [-0.4, -0.2) is 33.7 Å². The number of aromatic nitrogens is 1. The number of amides is 2. The van der Waals surface area contributed by atoms with Gasteiger partial charge in [-0.1, -0.05) is 212 Å². The van der Waals surface area contributed by atoms with Crippen LogP contribution in [0.2, 0.25) is 0 Å². The van der Waals surface area contributed by atoms with E-state index < -0.39 is 11.8 Å². The van der Waals surface area contributed by atoms with Crippen molar-refractivity contribution >= 4 is 33.7 Å². The Hall–Kier alpha value is -1.21. The summed E-state index contributed by atoms with van der Waals surface area (Å²) in [6.45, 7) is 2.82. The molecule has 9 nitrogen and oxygen atoms in total. The lowest BCUT2D eigenvalue weighted by atomic mass is 10.0. The Bertz CT molecular complexity index is 932. The number of carbonyl (C=O) groups is 2. The summed E-state index contributed by atoms with van der Waals surface area (Å²) in [5.41, 5.74) is 0. The van der Waals surface area contributed by atoms with Crippen LogP contribution in [0.15, 0.2) is 29.4 Å². The van der Waals surface area contributed by atoms with Crippen LogP contribution >= 0.6 is 21.9 Å². The van der Waals surface area contributed by atoms with Gasteiger partial charge < -0.3 is 0 Å². The molecule has 314 valence electrons. The van der Waals surface area contributed by atoms with Crippen LogP contribution in [0.4, 0.5) is 0 Å². The van der Waals surface area contributed by atoms with Crippen molar-refractivity contribution in [1.82, 2.24) is 10.0 Å². The zero-order valence-electron chi connectivity index (χ0n) is 34.2. The second-order valence-corrected chi connectivity index (χ2v) is 16.7. The van der Waals surface area contributed by atoms with E-state index in [1.165, 1.54) is 203 Å². The minimum Gasteiger partial charge on any atom is -0.279 e. The Labute approximate surface area is 337 Å². The van der Waals surface area contributed by atoms with Crippen LogP contribution in [0.25, 0.3) is 0 Å². The highest BCUT2D eigenvalue weighted by Crippen LogP contribution is 2.29. The van der Waals surface area contributed by atoms with Crippen LogP contribution in [0, 0.1) is 0 Å². The van der Waals surface area contributed by atoms with Gasteiger partial charge in [0.05, 0.1) is 6.61 Å². The largest absolute Gasteiger partial charge is 0.279 e. The number of hydrogen-bond acceptors (Lipinski definition) is 10. The molecule has 1 aliphatic heterocycles. The molecule has 1 aliphatic rings. The summed E-state index contributed by atoms with van der Waals surface area (Å²) in [4.78, 5) is 29.6. The van der Waals surface area contributed by atoms with E-state index in [9.17, 15) is 9.59 Å². The van der Waals surface area contributed by atoms with E-state index in [2.05, 4.69) is 22.0 Å². The zero-order valence-corrected chi connectivity index (χ0v) is 35.8. The number of pyridine rings is 1. The van der Waals surface area contributed by atoms with Crippen LogP contribution in [-0.2, 0) is 28.9 Å². The van der Waals surface area contributed by atoms with Gasteiger partial charge in [0, 0.05) is 19.0 Å². The van der Waals surface area contributed by atoms with Crippen molar-refractivity contribution in [3.63, 3.8) is 0 Å². The topological polar surface area (TPSA) is 107 Å². The van der Waals surface area contributed by atoms with Gasteiger partial charge in [0.25, 0.3) is 11.8 Å². The maximum absolute atomic E-state index is 10.2. The molecule has 0 bridgehead atoms. The van der Waals surface area contributed by atoms with Gasteiger partial charge in [0.1, 0.15) is 16.1 Å². The zero-order chi connectivity index (χ0) is 38.8. The normalized spacial score (nSPS) is 12.8. The highest BCUT2D eigenvalue weighted by atomic mass is 33.1. The van der Waals surface area contributed by atoms with Gasteiger partial charge in [-0.05, 0) is 39.4 Å². The third-order valence-electron chi connectivity index (χ3n) is 10.00. The van der Waals surface area contributed by atoms with Gasteiger partial charge in [-0.3, -0.25) is 14.8 Å². The molecule has 0 unspecified atom stereocenters. The molecular weight excluding hydrogens is 721 g/mol. The number of carbonyl (C=O) groups excluding carboxylic acids is 2. The molecule has 0 saturated carbocycles. The Balaban J connectivity index is 0.00000160. The van der Waals surface area contributed by atoms with Crippen molar-refractivity contribution in [3.8, 4) is 0 Å². The van der Waals surface area contributed by atoms with E-state index in [4.69, 9.17) is 14.4 Å². The Morgan fingerprint density at radius 3 is 1.24 bits per heavy atom. The second-order valence-electron chi connectivity index (χ2n) is 14.9. The Morgan fingerprint density at radius 2 is 0.926 bits per heavy atom. The summed E-state index contributed by atoms with van der Waals surface area (Å²) in [6, 6.07) is 5.68. The smallest absolute Gasteiger partial charge is 0.253 e. The molecule has 54 heavy (non-hydrogen) atoms. The van der Waals surface area contributed by atoms with E-state index in [0.717, 1.165) is 28.9 Å².